The van der Waals surface area contributed by atoms with Crippen molar-refractivity contribution < 1.29 is 9.59 Å². The highest BCUT2D eigenvalue weighted by Crippen LogP contribution is 2.23. The van der Waals surface area contributed by atoms with Crippen molar-refractivity contribution >= 4 is 11.7 Å². The molecule has 2 saturated heterocycles. The average molecular weight is 357 g/mol. The van der Waals surface area contributed by atoms with Crippen LogP contribution in [0.15, 0.2) is 24.3 Å². The molecule has 26 heavy (non-hydrogen) atoms. The van der Waals surface area contributed by atoms with Gasteiger partial charge in [-0.25, -0.2) is 0 Å². The summed E-state index contributed by atoms with van der Waals surface area (Å²) in [6, 6.07) is 7.16. The summed E-state index contributed by atoms with van der Waals surface area (Å²) in [4.78, 5) is 29.0. The maximum atomic E-state index is 12.7. The van der Waals surface area contributed by atoms with Crippen molar-refractivity contribution in [2.45, 2.75) is 46.0 Å². The Bertz CT molecular complexity index is 610. The van der Waals surface area contributed by atoms with Gasteiger partial charge in [-0.2, -0.15) is 0 Å². The Kier molecular flexibility index (Phi) is 6.47. The van der Waals surface area contributed by atoms with Gasteiger partial charge in [0.1, 0.15) is 0 Å². The Labute approximate surface area is 157 Å². The molecule has 1 amide bonds. The molecule has 2 aliphatic heterocycles. The van der Waals surface area contributed by atoms with Crippen molar-refractivity contribution in [3.8, 4) is 0 Å². The Hall–Kier alpha value is -1.68. The molecule has 2 heterocycles. The molecule has 0 aliphatic carbocycles. The molecule has 4 heteroatoms. The van der Waals surface area contributed by atoms with E-state index in [1.807, 2.05) is 11.8 Å². The number of carbonyl (C=O) groups is 2. The predicted molar refractivity (Wildman–Crippen MR) is 105 cm³/mol. The highest BCUT2D eigenvalue weighted by atomic mass is 16.2. The van der Waals surface area contributed by atoms with Gasteiger partial charge >= 0.3 is 0 Å². The molecule has 2 fully saturated rings. The Morgan fingerprint density at radius 1 is 0.923 bits per heavy atom. The summed E-state index contributed by atoms with van der Waals surface area (Å²) in [5, 5.41) is 0. The standard InChI is InChI=1S/C22H32N2O2/c1-3-21(25)19-4-6-20(7-5-19)22(26)24-14-10-18(11-15-24)16-23-12-8-17(2)9-13-23/h4-7,17-18H,3,8-16H2,1-2H3. The molecule has 0 atom stereocenters. The molecule has 1 aromatic carbocycles. The lowest BCUT2D eigenvalue weighted by Crippen LogP contribution is -2.43. The quantitative estimate of drug-likeness (QED) is 0.752. The van der Waals surface area contributed by atoms with E-state index >= 15 is 0 Å². The summed E-state index contributed by atoms with van der Waals surface area (Å²) in [5.41, 5.74) is 1.39. The second-order valence-corrected chi connectivity index (χ2v) is 8.07. The topological polar surface area (TPSA) is 40.6 Å². The lowest BCUT2D eigenvalue weighted by molar-refractivity contribution is 0.0653. The van der Waals surface area contributed by atoms with Crippen LogP contribution in [0.1, 0.15) is 66.7 Å². The van der Waals surface area contributed by atoms with E-state index in [0.717, 1.165) is 37.8 Å². The molecular formula is C22H32N2O2. The molecule has 4 nitrogen and oxygen atoms in total. The minimum absolute atomic E-state index is 0.103. The smallest absolute Gasteiger partial charge is 0.253 e. The predicted octanol–water partition coefficient (Wildman–Crippen LogP) is 3.86. The zero-order valence-electron chi connectivity index (χ0n) is 16.2. The van der Waals surface area contributed by atoms with Gasteiger partial charge in [-0.3, -0.25) is 9.59 Å². The maximum absolute atomic E-state index is 12.7. The monoisotopic (exact) mass is 356 g/mol. The highest BCUT2D eigenvalue weighted by Gasteiger charge is 2.26. The van der Waals surface area contributed by atoms with E-state index in [1.165, 1.54) is 32.5 Å². The molecule has 0 N–H and O–H groups in total. The van der Waals surface area contributed by atoms with Crippen LogP contribution in [-0.4, -0.2) is 54.2 Å². The van der Waals surface area contributed by atoms with Crippen molar-refractivity contribution in [2.24, 2.45) is 11.8 Å². The number of piperidine rings is 2. The van der Waals surface area contributed by atoms with Gasteiger partial charge in [-0.1, -0.05) is 26.0 Å². The van der Waals surface area contributed by atoms with E-state index in [4.69, 9.17) is 0 Å². The van der Waals surface area contributed by atoms with Gasteiger partial charge in [0.05, 0.1) is 0 Å². The zero-order valence-corrected chi connectivity index (χ0v) is 16.2. The van der Waals surface area contributed by atoms with Crippen LogP contribution in [-0.2, 0) is 0 Å². The van der Waals surface area contributed by atoms with E-state index in [9.17, 15) is 9.59 Å². The first-order valence-electron chi connectivity index (χ1n) is 10.2. The average Bonchev–Trinajstić information content (AvgIpc) is 2.69. The van der Waals surface area contributed by atoms with Crippen molar-refractivity contribution in [3.63, 3.8) is 0 Å². The van der Waals surface area contributed by atoms with Crippen LogP contribution in [0, 0.1) is 11.8 Å². The SMILES string of the molecule is CCC(=O)c1ccc(C(=O)N2CCC(CN3CCC(C)CC3)CC2)cc1. The molecule has 2 aliphatic rings. The van der Waals surface area contributed by atoms with Crippen LogP contribution in [0.2, 0.25) is 0 Å². The molecule has 3 rings (SSSR count). The van der Waals surface area contributed by atoms with E-state index in [-0.39, 0.29) is 11.7 Å². The third-order valence-corrected chi connectivity index (χ3v) is 6.07. The van der Waals surface area contributed by atoms with Gasteiger partial charge in [0.25, 0.3) is 5.91 Å². The van der Waals surface area contributed by atoms with Crippen LogP contribution in [0.25, 0.3) is 0 Å². The second-order valence-electron chi connectivity index (χ2n) is 8.07. The number of nitrogens with zero attached hydrogens (tertiary/aromatic N) is 2. The summed E-state index contributed by atoms with van der Waals surface area (Å²) in [5.74, 6) is 1.82. The zero-order chi connectivity index (χ0) is 18.5. The fourth-order valence-corrected chi connectivity index (χ4v) is 4.11. The molecule has 0 spiro atoms. The Morgan fingerprint density at radius 3 is 2.08 bits per heavy atom. The molecule has 0 saturated carbocycles. The summed E-state index contributed by atoms with van der Waals surface area (Å²) in [6.07, 6.45) is 5.35. The Balaban J connectivity index is 1.48. The van der Waals surface area contributed by atoms with E-state index in [1.54, 1.807) is 24.3 Å². The third-order valence-electron chi connectivity index (χ3n) is 6.07. The van der Waals surface area contributed by atoms with Crippen molar-refractivity contribution in [3.05, 3.63) is 35.4 Å². The number of amides is 1. The Morgan fingerprint density at radius 2 is 1.50 bits per heavy atom. The third kappa shape index (κ3) is 4.73. The van der Waals surface area contributed by atoms with E-state index < -0.39 is 0 Å². The van der Waals surface area contributed by atoms with Crippen molar-refractivity contribution in [1.82, 2.24) is 9.80 Å². The molecule has 0 bridgehead atoms. The number of hydrogen-bond donors (Lipinski definition) is 0. The highest BCUT2D eigenvalue weighted by molar-refractivity contribution is 5.98. The largest absolute Gasteiger partial charge is 0.339 e. The molecule has 0 unspecified atom stereocenters. The van der Waals surface area contributed by atoms with Gasteiger partial charge in [0.2, 0.25) is 0 Å². The minimum Gasteiger partial charge on any atom is -0.339 e. The maximum Gasteiger partial charge on any atom is 0.253 e. The minimum atomic E-state index is 0.103. The van der Waals surface area contributed by atoms with Gasteiger partial charge < -0.3 is 9.80 Å². The molecule has 0 radical (unpaired) electrons. The van der Waals surface area contributed by atoms with Crippen LogP contribution in [0.5, 0.6) is 0 Å². The van der Waals surface area contributed by atoms with Gasteiger partial charge in [-0.15, -0.1) is 0 Å². The number of hydrogen-bond acceptors (Lipinski definition) is 3. The van der Waals surface area contributed by atoms with Crippen LogP contribution in [0.4, 0.5) is 0 Å². The second kappa shape index (κ2) is 8.81. The lowest BCUT2D eigenvalue weighted by atomic mass is 9.93. The van der Waals surface area contributed by atoms with E-state index in [0.29, 0.717) is 17.5 Å². The number of ketones is 1. The first kappa shape index (κ1) is 19.1. The van der Waals surface area contributed by atoms with Gasteiger partial charge in [-0.05, 0) is 62.7 Å². The summed E-state index contributed by atoms with van der Waals surface area (Å²) < 4.78 is 0. The molecule has 1 aromatic rings. The van der Waals surface area contributed by atoms with Crippen molar-refractivity contribution in [2.75, 3.05) is 32.7 Å². The van der Waals surface area contributed by atoms with Crippen molar-refractivity contribution in [1.29, 1.82) is 0 Å². The van der Waals surface area contributed by atoms with Gasteiger partial charge in [0.15, 0.2) is 5.78 Å². The van der Waals surface area contributed by atoms with Crippen LogP contribution < -0.4 is 0 Å². The van der Waals surface area contributed by atoms with E-state index in [2.05, 4.69) is 11.8 Å². The number of carbonyl (C=O) groups excluding carboxylic acids is 2. The molecule has 142 valence electrons. The first-order chi connectivity index (χ1) is 12.6. The summed E-state index contributed by atoms with van der Waals surface area (Å²) in [6.45, 7) is 9.59. The summed E-state index contributed by atoms with van der Waals surface area (Å²) in [7, 11) is 0. The normalized spacial score (nSPS) is 20.3. The first-order valence-corrected chi connectivity index (χ1v) is 10.2. The lowest BCUT2D eigenvalue weighted by Gasteiger charge is -2.37. The fourth-order valence-electron chi connectivity index (χ4n) is 4.11. The number of rotatable bonds is 5. The number of Topliss-reactive ketones (excluding diaryl/α,β-unsaturated/α-hetero) is 1. The summed E-state index contributed by atoms with van der Waals surface area (Å²) >= 11 is 0. The molecule has 0 aromatic heterocycles. The number of likely N-dealkylation sites (tertiary alicyclic amines) is 2. The van der Waals surface area contributed by atoms with Gasteiger partial charge in [0, 0.05) is 37.2 Å². The number of benzene rings is 1. The van der Waals surface area contributed by atoms with Crippen LogP contribution in [0.3, 0.4) is 0 Å². The fraction of sp³-hybridized carbons (Fsp3) is 0.636. The van der Waals surface area contributed by atoms with Crippen LogP contribution >= 0.6 is 0 Å². The molecular weight excluding hydrogens is 324 g/mol.